The van der Waals surface area contributed by atoms with Gasteiger partial charge in [-0.3, -0.25) is 0 Å². The van der Waals surface area contributed by atoms with E-state index in [4.69, 9.17) is 0 Å². The van der Waals surface area contributed by atoms with Crippen molar-refractivity contribution in [2.45, 2.75) is 6.42 Å². The minimum Gasteiger partial charge on any atom is -0.0884 e. The Morgan fingerprint density at radius 1 is 0.586 bits per heavy atom. The van der Waals surface area contributed by atoms with Crippen molar-refractivity contribution in [2.75, 3.05) is 0 Å². The molecule has 0 N–H and O–H groups in total. The lowest BCUT2D eigenvalue weighted by Crippen LogP contribution is -1.85. The van der Waals surface area contributed by atoms with Gasteiger partial charge in [0, 0.05) is 4.91 Å². The molecule has 0 atom stereocenters. The molecule has 0 saturated carbocycles. The molecular formula is C25H16S4. The molecule has 0 fully saturated rings. The third-order valence-electron chi connectivity index (χ3n) is 5.34. The zero-order valence-corrected chi connectivity index (χ0v) is 18.7. The van der Waals surface area contributed by atoms with Crippen LogP contribution >= 0.6 is 47.0 Å². The first-order valence-corrected chi connectivity index (χ1v) is 12.9. The van der Waals surface area contributed by atoms with E-state index in [-0.39, 0.29) is 0 Å². The van der Waals surface area contributed by atoms with Gasteiger partial charge in [-0.1, -0.05) is 114 Å². The van der Waals surface area contributed by atoms with Crippen molar-refractivity contribution in [3.63, 3.8) is 0 Å². The number of rotatable bonds is 2. The van der Waals surface area contributed by atoms with Crippen molar-refractivity contribution in [1.82, 2.24) is 0 Å². The second-order valence-electron chi connectivity index (χ2n) is 7.07. The van der Waals surface area contributed by atoms with Crippen LogP contribution in [0.3, 0.4) is 0 Å². The van der Waals surface area contributed by atoms with Gasteiger partial charge in [0.05, 0.1) is 8.47 Å². The Kier molecular flexibility index (Phi) is 4.68. The van der Waals surface area contributed by atoms with Gasteiger partial charge in [-0.05, 0) is 61.6 Å². The van der Waals surface area contributed by atoms with Gasteiger partial charge in [0.15, 0.2) is 0 Å². The molecule has 2 aliphatic heterocycles. The average Bonchev–Trinajstić information content (AvgIpc) is 3.52. The van der Waals surface area contributed by atoms with E-state index in [1.807, 2.05) is 47.0 Å². The van der Waals surface area contributed by atoms with Crippen LogP contribution in [0, 0.1) is 0 Å². The first-order valence-electron chi connectivity index (χ1n) is 9.44. The molecule has 0 radical (unpaired) electrons. The van der Waals surface area contributed by atoms with Gasteiger partial charge < -0.3 is 0 Å². The Hall–Kier alpha value is -1.72. The summed E-state index contributed by atoms with van der Waals surface area (Å²) in [5.74, 6) is 0. The quantitative estimate of drug-likeness (QED) is 0.303. The van der Waals surface area contributed by atoms with Crippen LogP contribution < -0.4 is 0 Å². The monoisotopic (exact) mass is 444 g/mol. The van der Waals surface area contributed by atoms with Gasteiger partial charge in [0.2, 0.25) is 0 Å². The average molecular weight is 445 g/mol. The zero-order chi connectivity index (χ0) is 19.2. The van der Waals surface area contributed by atoms with Crippen LogP contribution in [0.15, 0.2) is 91.4 Å². The topological polar surface area (TPSA) is 0 Å². The van der Waals surface area contributed by atoms with E-state index in [2.05, 4.69) is 83.0 Å². The summed E-state index contributed by atoms with van der Waals surface area (Å²) in [6, 6.07) is 24.7. The molecule has 1 aliphatic carbocycles. The lowest BCUT2D eigenvalue weighted by atomic mass is 9.98. The molecule has 0 aromatic heterocycles. The van der Waals surface area contributed by atoms with Crippen LogP contribution in [0.25, 0.3) is 27.2 Å². The van der Waals surface area contributed by atoms with E-state index in [0.29, 0.717) is 0 Å². The summed E-state index contributed by atoms with van der Waals surface area (Å²) in [7, 11) is 0. The van der Waals surface area contributed by atoms with E-state index in [1.165, 1.54) is 52.3 Å². The molecule has 3 aromatic rings. The fourth-order valence-electron chi connectivity index (χ4n) is 3.93. The molecule has 29 heavy (non-hydrogen) atoms. The van der Waals surface area contributed by atoms with Crippen LogP contribution in [-0.2, 0) is 6.42 Å². The SMILES string of the molecule is C1=CSC(=C2SC=C(c3ccc(-c4ccc5c(c4)Cc4ccccc4-5)cc3)S2)S1. The van der Waals surface area contributed by atoms with E-state index in [9.17, 15) is 0 Å². The molecule has 6 rings (SSSR count). The van der Waals surface area contributed by atoms with E-state index < -0.39 is 0 Å². The molecule has 0 nitrogen and oxygen atoms in total. The first kappa shape index (κ1) is 18.1. The molecule has 3 aliphatic rings. The Labute approximate surface area is 188 Å². The number of hydrogen-bond acceptors (Lipinski definition) is 4. The summed E-state index contributed by atoms with van der Waals surface area (Å²) < 4.78 is 2.81. The highest BCUT2D eigenvalue weighted by Gasteiger charge is 2.20. The fourth-order valence-corrected chi connectivity index (χ4v) is 8.41. The van der Waals surface area contributed by atoms with Crippen LogP contribution in [-0.4, -0.2) is 0 Å². The summed E-state index contributed by atoms with van der Waals surface area (Å²) in [5, 5.41) is 6.61. The number of thioether (sulfide) groups is 4. The molecule has 4 heteroatoms. The lowest BCUT2D eigenvalue weighted by molar-refractivity contribution is 1.26. The van der Waals surface area contributed by atoms with Gasteiger partial charge in [0.1, 0.15) is 0 Å². The maximum atomic E-state index is 2.37. The Morgan fingerprint density at radius 3 is 2.17 bits per heavy atom. The normalized spacial score (nSPS) is 16.9. The third kappa shape index (κ3) is 3.32. The maximum absolute atomic E-state index is 2.37. The molecule has 2 heterocycles. The van der Waals surface area contributed by atoms with Crippen LogP contribution in [0.1, 0.15) is 16.7 Å². The lowest BCUT2D eigenvalue weighted by Gasteiger charge is -2.08. The predicted molar refractivity (Wildman–Crippen MR) is 135 cm³/mol. The first-order chi connectivity index (χ1) is 14.3. The maximum Gasteiger partial charge on any atom is 0.0700 e. The van der Waals surface area contributed by atoms with E-state index in [1.54, 1.807) is 0 Å². The highest BCUT2D eigenvalue weighted by atomic mass is 32.2. The van der Waals surface area contributed by atoms with E-state index in [0.717, 1.165) is 6.42 Å². The highest BCUT2D eigenvalue weighted by Crippen LogP contribution is 2.55. The van der Waals surface area contributed by atoms with Gasteiger partial charge in [-0.2, -0.15) is 0 Å². The second-order valence-corrected chi connectivity index (χ2v) is 11.3. The molecule has 0 saturated heterocycles. The van der Waals surface area contributed by atoms with Crippen molar-refractivity contribution >= 4 is 52.0 Å². The molecule has 0 amide bonds. The van der Waals surface area contributed by atoms with Gasteiger partial charge >= 0.3 is 0 Å². The van der Waals surface area contributed by atoms with Gasteiger partial charge in [-0.25, -0.2) is 0 Å². The molecule has 140 valence electrons. The molecular weight excluding hydrogens is 429 g/mol. The molecule has 0 unspecified atom stereocenters. The Bertz CT molecular complexity index is 1210. The smallest absolute Gasteiger partial charge is 0.0700 e. The molecule has 0 spiro atoms. The Morgan fingerprint density at radius 2 is 1.31 bits per heavy atom. The van der Waals surface area contributed by atoms with Crippen LogP contribution in [0.5, 0.6) is 0 Å². The van der Waals surface area contributed by atoms with Crippen LogP contribution in [0.2, 0.25) is 0 Å². The fraction of sp³-hybridized carbons (Fsp3) is 0.0400. The summed E-state index contributed by atoms with van der Waals surface area (Å²) in [6.07, 6.45) is 1.04. The standard InChI is InChI=1S/C25H16S4/c1-2-4-21-19(3-1)14-20-13-18(9-10-22(20)21)16-5-7-17(8-6-16)23-15-28-25(29-23)24-26-11-12-27-24/h1-13,15H,14H2. The van der Waals surface area contributed by atoms with E-state index >= 15 is 0 Å². The zero-order valence-electron chi connectivity index (χ0n) is 15.4. The third-order valence-corrected chi connectivity index (χ3v) is 10.4. The van der Waals surface area contributed by atoms with Gasteiger partial charge in [-0.15, -0.1) is 0 Å². The summed E-state index contributed by atoms with van der Waals surface area (Å²) in [6.45, 7) is 0. The number of fused-ring (bicyclic) bond motifs is 3. The van der Waals surface area contributed by atoms with Crippen molar-refractivity contribution in [3.05, 3.63) is 108 Å². The highest BCUT2D eigenvalue weighted by molar-refractivity contribution is 8.35. The number of benzene rings is 3. The van der Waals surface area contributed by atoms with Crippen molar-refractivity contribution in [2.24, 2.45) is 0 Å². The summed E-state index contributed by atoms with van der Waals surface area (Å²) >= 11 is 7.40. The van der Waals surface area contributed by atoms with Crippen molar-refractivity contribution in [1.29, 1.82) is 0 Å². The predicted octanol–water partition coefficient (Wildman–Crippen LogP) is 8.78. The molecule has 3 aromatic carbocycles. The van der Waals surface area contributed by atoms with Crippen molar-refractivity contribution < 1.29 is 0 Å². The molecule has 0 bridgehead atoms. The van der Waals surface area contributed by atoms with Crippen molar-refractivity contribution in [3.8, 4) is 22.3 Å². The second kappa shape index (κ2) is 7.51. The Balaban J connectivity index is 1.25. The summed E-state index contributed by atoms with van der Waals surface area (Å²) in [5.41, 5.74) is 9.56. The van der Waals surface area contributed by atoms with Gasteiger partial charge in [0.25, 0.3) is 0 Å². The number of hydrogen-bond donors (Lipinski definition) is 0. The van der Waals surface area contributed by atoms with Crippen LogP contribution in [0.4, 0.5) is 0 Å². The minimum absolute atomic E-state index is 1.04. The largest absolute Gasteiger partial charge is 0.0884 e. The minimum atomic E-state index is 1.04. The summed E-state index contributed by atoms with van der Waals surface area (Å²) in [4.78, 5) is 1.35.